The van der Waals surface area contributed by atoms with Crippen LogP contribution in [0.15, 0.2) is 46.9 Å². The molecule has 100 valence electrons. The Balaban J connectivity index is 1.81. The van der Waals surface area contributed by atoms with Gasteiger partial charge in [-0.25, -0.2) is 8.78 Å². The molecule has 0 aromatic heterocycles. The molecule has 2 aromatic carbocycles. The maximum Gasteiger partial charge on any atom is 0.167 e. The third kappa shape index (κ3) is 4.21. The molecule has 0 bridgehead atoms. The molecule has 0 saturated heterocycles. The Morgan fingerprint density at radius 1 is 0.947 bits per heavy atom. The van der Waals surface area contributed by atoms with E-state index < -0.39 is 11.6 Å². The van der Waals surface area contributed by atoms with Crippen LogP contribution in [0.5, 0.6) is 11.5 Å². The molecule has 5 heteroatoms. The van der Waals surface area contributed by atoms with Crippen LogP contribution >= 0.6 is 15.9 Å². The lowest BCUT2D eigenvalue weighted by Crippen LogP contribution is -2.09. The maximum atomic E-state index is 13.2. The van der Waals surface area contributed by atoms with Gasteiger partial charge in [-0.2, -0.15) is 0 Å². The predicted octanol–water partition coefficient (Wildman–Crippen LogP) is 4.19. The second kappa shape index (κ2) is 6.52. The average molecular weight is 329 g/mol. The summed E-state index contributed by atoms with van der Waals surface area (Å²) in [6, 6.07) is 10.5. The Bertz CT molecular complexity index is 561. The van der Waals surface area contributed by atoms with Gasteiger partial charge in [0.25, 0.3) is 0 Å². The monoisotopic (exact) mass is 328 g/mol. The first-order valence-corrected chi connectivity index (χ1v) is 6.40. The van der Waals surface area contributed by atoms with E-state index in [0.717, 1.165) is 16.6 Å². The summed E-state index contributed by atoms with van der Waals surface area (Å²) in [5, 5.41) is 0. The molecule has 0 heterocycles. The van der Waals surface area contributed by atoms with Crippen molar-refractivity contribution in [1.29, 1.82) is 0 Å². The maximum absolute atomic E-state index is 13.2. The molecule has 0 saturated carbocycles. The standard InChI is InChI=1S/C14H11BrF2O2/c15-10-2-1-3-12(8-10)18-6-7-19-14-5-4-11(16)9-13(14)17/h1-5,8-9H,6-7H2. The van der Waals surface area contributed by atoms with Crippen molar-refractivity contribution in [3.05, 3.63) is 58.6 Å². The van der Waals surface area contributed by atoms with Gasteiger partial charge in [0.15, 0.2) is 11.6 Å². The molecule has 0 aliphatic rings. The number of benzene rings is 2. The number of ether oxygens (including phenoxy) is 2. The summed E-state index contributed by atoms with van der Waals surface area (Å²) in [5.41, 5.74) is 0. The summed E-state index contributed by atoms with van der Waals surface area (Å²) < 4.78 is 37.4. The van der Waals surface area contributed by atoms with Crippen molar-refractivity contribution < 1.29 is 18.3 Å². The van der Waals surface area contributed by atoms with Gasteiger partial charge in [0.05, 0.1) is 0 Å². The molecule has 19 heavy (non-hydrogen) atoms. The van der Waals surface area contributed by atoms with Crippen molar-refractivity contribution in [2.45, 2.75) is 0 Å². The van der Waals surface area contributed by atoms with E-state index in [1.54, 1.807) is 0 Å². The van der Waals surface area contributed by atoms with Crippen molar-refractivity contribution in [3.8, 4) is 11.5 Å². The van der Waals surface area contributed by atoms with Gasteiger partial charge in [0.2, 0.25) is 0 Å². The molecule has 0 radical (unpaired) electrons. The smallest absolute Gasteiger partial charge is 0.167 e. The van der Waals surface area contributed by atoms with Gasteiger partial charge in [-0.15, -0.1) is 0 Å². The first-order chi connectivity index (χ1) is 9.15. The fraction of sp³-hybridized carbons (Fsp3) is 0.143. The zero-order valence-corrected chi connectivity index (χ0v) is 11.5. The lowest BCUT2D eigenvalue weighted by Gasteiger charge is -2.09. The van der Waals surface area contributed by atoms with Gasteiger partial charge >= 0.3 is 0 Å². The Hall–Kier alpha value is -1.62. The number of halogens is 3. The van der Waals surface area contributed by atoms with Crippen LogP contribution in [-0.4, -0.2) is 13.2 Å². The molecular weight excluding hydrogens is 318 g/mol. The minimum absolute atomic E-state index is 0.0132. The van der Waals surface area contributed by atoms with Gasteiger partial charge in [-0.05, 0) is 30.3 Å². The van der Waals surface area contributed by atoms with Gasteiger partial charge < -0.3 is 9.47 Å². The highest BCUT2D eigenvalue weighted by Gasteiger charge is 2.04. The second-order valence-corrected chi connectivity index (χ2v) is 4.64. The molecule has 0 amide bonds. The number of hydrogen-bond acceptors (Lipinski definition) is 2. The topological polar surface area (TPSA) is 18.5 Å². The highest BCUT2D eigenvalue weighted by atomic mass is 79.9. The van der Waals surface area contributed by atoms with E-state index in [0.29, 0.717) is 5.75 Å². The van der Waals surface area contributed by atoms with Gasteiger partial charge in [0, 0.05) is 10.5 Å². The predicted molar refractivity (Wildman–Crippen MR) is 71.5 cm³/mol. The summed E-state index contributed by atoms with van der Waals surface area (Å²) >= 11 is 3.33. The molecule has 0 N–H and O–H groups in total. The van der Waals surface area contributed by atoms with Crippen LogP contribution in [-0.2, 0) is 0 Å². The van der Waals surface area contributed by atoms with E-state index in [-0.39, 0.29) is 19.0 Å². The minimum Gasteiger partial charge on any atom is -0.490 e. The highest BCUT2D eigenvalue weighted by Crippen LogP contribution is 2.19. The van der Waals surface area contributed by atoms with E-state index in [1.807, 2.05) is 24.3 Å². The fourth-order valence-electron chi connectivity index (χ4n) is 1.46. The largest absolute Gasteiger partial charge is 0.490 e. The molecule has 0 unspecified atom stereocenters. The van der Waals surface area contributed by atoms with E-state index in [2.05, 4.69) is 15.9 Å². The zero-order valence-electron chi connectivity index (χ0n) is 9.91. The van der Waals surface area contributed by atoms with Crippen LogP contribution in [0.3, 0.4) is 0 Å². The lowest BCUT2D eigenvalue weighted by molar-refractivity contribution is 0.211. The summed E-state index contributed by atoms with van der Waals surface area (Å²) in [4.78, 5) is 0. The zero-order chi connectivity index (χ0) is 13.7. The molecular formula is C14H11BrF2O2. The quantitative estimate of drug-likeness (QED) is 0.766. The van der Waals surface area contributed by atoms with Crippen LogP contribution in [0.2, 0.25) is 0 Å². The molecule has 2 rings (SSSR count). The van der Waals surface area contributed by atoms with Crippen LogP contribution in [0.25, 0.3) is 0 Å². The molecule has 0 aliphatic heterocycles. The first-order valence-electron chi connectivity index (χ1n) is 5.61. The number of hydrogen-bond donors (Lipinski definition) is 0. The summed E-state index contributed by atoms with van der Waals surface area (Å²) in [5.74, 6) is -0.644. The first kappa shape index (κ1) is 13.8. The lowest BCUT2D eigenvalue weighted by atomic mass is 10.3. The van der Waals surface area contributed by atoms with Crippen molar-refractivity contribution >= 4 is 15.9 Å². The minimum atomic E-state index is -0.720. The number of rotatable bonds is 5. The van der Waals surface area contributed by atoms with Gasteiger partial charge in [-0.1, -0.05) is 22.0 Å². The van der Waals surface area contributed by atoms with Crippen molar-refractivity contribution in [2.24, 2.45) is 0 Å². The Morgan fingerprint density at radius 3 is 2.47 bits per heavy atom. The molecule has 2 aromatic rings. The third-order valence-corrected chi connectivity index (χ3v) is 2.79. The summed E-state index contributed by atoms with van der Waals surface area (Å²) in [6.45, 7) is 0.447. The summed E-state index contributed by atoms with van der Waals surface area (Å²) in [6.07, 6.45) is 0. The average Bonchev–Trinajstić information content (AvgIpc) is 2.37. The SMILES string of the molecule is Fc1ccc(OCCOc2cccc(Br)c2)c(F)c1. The van der Waals surface area contributed by atoms with Crippen molar-refractivity contribution in [3.63, 3.8) is 0 Å². The summed E-state index contributed by atoms with van der Waals surface area (Å²) in [7, 11) is 0. The van der Waals surface area contributed by atoms with Crippen LogP contribution in [0, 0.1) is 11.6 Å². The molecule has 0 aliphatic carbocycles. The third-order valence-electron chi connectivity index (χ3n) is 2.30. The Morgan fingerprint density at radius 2 is 1.74 bits per heavy atom. The fourth-order valence-corrected chi connectivity index (χ4v) is 1.84. The van der Waals surface area contributed by atoms with Crippen LogP contribution in [0.4, 0.5) is 8.78 Å². The van der Waals surface area contributed by atoms with E-state index in [1.165, 1.54) is 6.07 Å². The molecule has 0 atom stereocenters. The van der Waals surface area contributed by atoms with Gasteiger partial charge in [0.1, 0.15) is 24.8 Å². The molecule has 0 spiro atoms. The van der Waals surface area contributed by atoms with Crippen molar-refractivity contribution in [1.82, 2.24) is 0 Å². The van der Waals surface area contributed by atoms with Gasteiger partial charge in [-0.3, -0.25) is 0 Å². The highest BCUT2D eigenvalue weighted by molar-refractivity contribution is 9.10. The Labute approximate surface area is 118 Å². The second-order valence-electron chi connectivity index (χ2n) is 3.73. The molecule has 2 nitrogen and oxygen atoms in total. The van der Waals surface area contributed by atoms with E-state index in [9.17, 15) is 8.78 Å². The van der Waals surface area contributed by atoms with E-state index in [4.69, 9.17) is 9.47 Å². The van der Waals surface area contributed by atoms with Crippen molar-refractivity contribution in [2.75, 3.05) is 13.2 Å². The Kier molecular flexibility index (Phi) is 4.74. The normalized spacial score (nSPS) is 10.3. The van der Waals surface area contributed by atoms with Crippen LogP contribution < -0.4 is 9.47 Å². The van der Waals surface area contributed by atoms with E-state index >= 15 is 0 Å². The molecule has 0 fully saturated rings. The van der Waals surface area contributed by atoms with Crippen LogP contribution in [0.1, 0.15) is 0 Å².